The highest BCUT2D eigenvalue weighted by atomic mass is 32.1. The summed E-state index contributed by atoms with van der Waals surface area (Å²) in [7, 11) is 0. The van der Waals surface area contributed by atoms with E-state index in [0.29, 0.717) is 15.8 Å². The van der Waals surface area contributed by atoms with E-state index in [-0.39, 0.29) is 5.69 Å². The average molecular weight is 494 g/mol. The number of rotatable bonds is 4. The van der Waals surface area contributed by atoms with Crippen molar-refractivity contribution in [3.8, 4) is 11.1 Å². The molecule has 1 N–H and O–H groups in total. The predicted molar refractivity (Wildman–Crippen MR) is 132 cm³/mol. The molecule has 2 heterocycles. The molecule has 0 aliphatic carbocycles. The van der Waals surface area contributed by atoms with Gasteiger partial charge in [-0.2, -0.15) is 13.2 Å². The number of fused-ring (bicyclic) bond motifs is 2. The molecule has 5 rings (SSSR count). The number of carbonyl (C=O) groups is 1. The van der Waals surface area contributed by atoms with Crippen LogP contribution in [0.2, 0.25) is 0 Å². The number of para-hydroxylation sites is 1. The van der Waals surface area contributed by atoms with Crippen LogP contribution in [0, 0.1) is 0 Å². The fraction of sp³-hybridized carbons (Fsp3) is 0.115. The Balaban J connectivity index is 1.52. The molecule has 0 fully saturated rings. The first-order valence-electron chi connectivity index (χ1n) is 10.7. The number of hydrogen-bond acceptors (Lipinski definition) is 4. The van der Waals surface area contributed by atoms with E-state index in [1.165, 1.54) is 42.8 Å². The van der Waals surface area contributed by atoms with Gasteiger partial charge in [0.25, 0.3) is 5.56 Å². The maximum atomic E-state index is 13.4. The van der Waals surface area contributed by atoms with Crippen molar-refractivity contribution in [3.05, 3.63) is 94.4 Å². The van der Waals surface area contributed by atoms with Crippen LogP contribution in [0.4, 0.5) is 18.9 Å². The summed E-state index contributed by atoms with van der Waals surface area (Å²) in [6, 6.07) is 17.4. The summed E-state index contributed by atoms with van der Waals surface area (Å²) in [4.78, 5) is 31.2. The van der Waals surface area contributed by atoms with Crippen LogP contribution in [0.1, 0.15) is 18.5 Å². The zero-order chi connectivity index (χ0) is 24.7. The molecule has 2 aromatic heterocycles. The minimum Gasteiger partial charge on any atom is -0.324 e. The molecule has 1 unspecified atom stereocenters. The largest absolute Gasteiger partial charge is 0.418 e. The molecule has 0 saturated carbocycles. The van der Waals surface area contributed by atoms with Crippen LogP contribution in [-0.2, 0) is 11.0 Å². The molecular weight excluding hydrogens is 475 g/mol. The van der Waals surface area contributed by atoms with Crippen LogP contribution in [0.15, 0.2) is 83.2 Å². The third-order valence-electron chi connectivity index (χ3n) is 5.87. The molecule has 0 spiro atoms. The number of aromatic nitrogens is 2. The van der Waals surface area contributed by atoms with Crippen LogP contribution >= 0.6 is 11.3 Å². The molecular formula is C26H18F3N3O2S. The van der Waals surface area contributed by atoms with Crippen LogP contribution in [-0.4, -0.2) is 15.5 Å². The van der Waals surface area contributed by atoms with Crippen LogP contribution < -0.4 is 10.9 Å². The van der Waals surface area contributed by atoms with Crippen molar-refractivity contribution in [1.82, 2.24) is 9.55 Å². The van der Waals surface area contributed by atoms with Crippen molar-refractivity contribution in [2.75, 3.05) is 5.32 Å². The van der Waals surface area contributed by atoms with Gasteiger partial charge >= 0.3 is 6.18 Å². The molecule has 176 valence electrons. The Hall–Kier alpha value is -3.98. The molecule has 0 aliphatic heterocycles. The van der Waals surface area contributed by atoms with E-state index in [1.807, 2.05) is 47.8 Å². The molecule has 0 bridgehead atoms. The van der Waals surface area contributed by atoms with Gasteiger partial charge in [0.2, 0.25) is 5.91 Å². The highest BCUT2D eigenvalue weighted by Gasteiger charge is 2.34. The Bertz CT molecular complexity index is 1640. The standard InChI is InChI=1S/C26H18F3N3O2S/c1-15(23(33)31-21-9-5-4-8-20(21)26(27,28)29)32-14-30-24-22(25(32)34)19(13-35-24)18-11-10-16-6-2-3-7-17(16)12-18/h2-15H,1H3,(H,31,33). The van der Waals surface area contributed by atoms with Gasteiger partial charge in [-0.15, -0.1) is 11.3 Å². The summed E-state index contributed by atoms with van der Waals surface area (Å²) in [5.74, 6) is -0.757. The second-order valence-electron chi connectivity index (χ2n) is 8.06. The third kappa shape index (κ3) is 4.19. The molecule has 1 amide bonds. The van der Waals surface area contributed by atoms with Gasteiger partial charge in [-0.25, -0.2) is 4.98 Å². The molecule has 9 heteroatoms. The zero-order valence-corrected chi connectivity index (χ0v) is 19.2. The van der Waals surface area contributed by atoms with Gasteiger partial charge < -0.3 is 5.32 Å². The quantitative estimate of drug-likeness (QED) is 0.311. The fourth-order valence-electron chi connectivity index (χ4n) is 3.99. The summed E-state index contributed by atoms with van der Waals surface area (Å²) in [5, 5.41) is 6.60. The first-order chi connectivity index (χ1) is 16.7. The van der Waals surface area contributed by atoms with Gasteiger partial charge in [0.15, 0.2) is 0 Å². The van der Waals surface area contributed by atoms with Crippen LogP contribution in [0.25, 0.3) is 32.1 Å². The topological polar surface area (TPSA) is 64.0 Å². The first kappa shape index (κ1) is 22.8. The van der Waals surface area contributed by atoms with E-state index in [9.17, 15) is 22.8 Å². The summed E-state index contributed by atoms with van der Waals surface area (Å²) in [6.07, 6.45) is -3.37. The first-order valence-corrected chi connectivity index (χ1v) is 11.6. The number of anilines is 1. The summed E-state index contributed by atoms with van der Waals surface area (Å²) in [6.45, 7) is 1.45. The highest BCUT2D eigenvalue weighted by molar-refractivity contribution is 7.17. The molecule has 5 aromatic rings. The number of alkyl halides is 3. The molecule has 3 aromatic carbocycles. The van der Waals surface area contributed by atoms with Crippen molar-refractivity contribution in [3.63, 3.8) is 0 Å². The van der Waals surface area contributed by atoms with E-state index in [1.54, 1.807) is 0 Å². The van der Waals surface area contributed by atoms with Crippen LogP contribution in [0.5, 0.6) is 0 Å². The summed E-state index contributed by atoms with van der Waals surface area (Å²) < 4.78 is 41.1. The minimum atomic E-state index is -4.63. The number of amides is 1. The zero-order valence-electron chi connectivity index (χ0n) is 18.3. The van der Waals surface area contributed by atoms with Crippen molar-refractivity contribution in [2.45, 2.75) is 19.1 Å². The Labute approximate surface area is 201 Å². The third-order valence-corrected chi connectivity index (χ3v) is 6.75. The Morgan fingerprint density at radius 3 is 2.51 bits per heavy atom. The summed E-state index contributed by atoms with van der Waals surface area (Å²) in [5.41, 5.74) is -0.240. The van der Waals surface area contributed by atoms with E-state index < -0.39 is 29.2 Å². The predicted octanol–water partition coefficient (Wildman–Crippen LogP) is 6.50. The van der Waals surface area contributed by atoms with Gasteiger partial charge in [0, 0.05) is 10.9 Å². The van der Waals surface area contributed by atoms with E-state index in [2.05, 4.69) is 10.3 Å². The Morgan fingerprint density at radius 1 is 1.03 bits per heavy atom. The number of nitrogens with one attached hydrogen (secondary N) is 1. The number of halogens is 3. The minimum absolute atomic E-state index is 0.364. The average Bonchev–Trinajstić information content (AvgIpc) is 3.28. The smallest absolute Gasteiger partial charge is 0.324 e. The Kier molecular flexibility index (Phi) is 5.64. The maximum absolute atomic E-state index is 13.4. The molecule has 1 atom stereocenters. The van der Waals surface area contributed by atoms with Gasteiger partial charge in [0.1, 0.15) is 10.9 Å². The second-order valence-corrected chi connectivity index (χ2v) is 8.92. The van der Waals surface area contributed by atoms with E-state index in [0.717, 1.165) is 27.0 Å². The highest BCUT2D eigenvalue weighted by Crippen LogP contribution is 2.35. The molecule has 0 aliphatic rings. The number of nitrogens with zero attached hydrogens (tertiary/aromatic N) is 2. The van der Waals surface area contributed by atoms with Crippen molar-refractivity contribution in [2.24, 2.45) is 0 Å². The van der Waals surface area contributed by atoms with E-state index in [4.69, 9.17) is 0 Å². The molecule has 0 saturated heterocycles. The van der Waals surface area contributed by atoms with Crippen molar-refractivity contribution in [1.29, 1.82) is 0 Å². The lowest BCUT2D eigenvalue weighted by molar-refractivity contribution is -0.137. The second kappa shape index (κ2) is 8.66. The Morgan fingerprint density at radius 2 is 1.74 bits per heavy atom. The number of thiophene rings is 1. The van der Waals surface area contributed by atoms with Crippen molar-refractivity contribution < 1.29 is 18.0 Å². The number of hydrogen-bond donors (Lipinski definition) is 1. The van der Waals surface area contributed by atoms with Gasteiger partial charge in [-0.3, -0.25) is 14.2 Å². The molecule has 35 heavy (non-hydrogen) atoms. The monoisotopic (exact) mass is 493 g/mol. The maximum Gasteiger partial charge on any atom is 0.418 e. The molecule has 0 radical (unpaired) electrons. The van der Waals surface area contributed by atoms with Gasteiger partial charge in [0.05, 0.1) is 23.0 Å². The number of carbonyl (C=O) groups excluding carboxylic acids is 1. The normalized spacial score (nSPS) is 12.7. The van der Waals surface area contributed by atoms with Crippen LogP contribution in [0.3, 0.4) is 0 Å². The summed E-state index contributed by atoms with van der Waals surface area (Å²) >= 11 is 1.31. The van der Waals surface area contributed by atoms with Gasteiger partial charge in [-0.1, -0.05) is 48.5 Å². The van der Waals surface area contributed by atoms with Crippen molar-refractivity contribution >= 4 is 43.9 Å². The fourth-order valence-corrected chi connectivity index (χ4v) is 4.90. The van der Waals surface area contributed by atoms with Gasteiger partial charge in [-0.05, 0) is 41.5 Å². The van der Waals surface area contributed by atoms with E-state index >= 15 is 0 Å². The lowest BCUT2D eigenvalue weighted by Gasteiger charge is -2.18. The SMILES string of the molecule is CC(C(=O)Nc1ccccc1C(F)(F)F)n1cnc2scc(-c3ccc4ccccc4c3)c2c1=O. The number of benzene rings is 3. The lowest BCUT2D eigenvalue weighted by atomic mass is 10.0. The molecule has 5 nitrogen and oxygen atoms in total. The lowest BCUT2D eigenvalue weighted by Crippen LogP contribution is -2.32.